The summed E-state index contributed by atoms with van der Waals surface area (Å²) in [4.78, 5) is 25.8. The lowest BCUT2D eigenvalue weighted by Crippen LogP contribution is -2.54. The largest absolute Gasteiger partial charge is 0.480 e. The zero-order valence-corrected chi connectivity index (χ0v) is 14.4. The third kappa shape index (κ3) is 3.59. The van der Waals surface area contributed by atoms with Crippen LogP contribution in [0.2, 0.25) is 0 Å². The zero-order chi connectivity index (χ0) is 18.0. The molecule has 0 radical (unpaired) electrons. The molecule has 8 heteroatoms. The molecule has 2 N–H and O–H groups in total. The van der Waals surface area contributed by atoms with Crippen molar-refractivity contribution >= 4 is 21.9 Å². The maximum Gasteiger partial charge on any atom is 0.326 e. The Bertz CT molecular complexity index is 791. The molecule has 0 unspecified atom stereocenters. The summed E-state index contributed by atoms with van der Waals surface area (Å²) < 4.78 is 27.5. The van der Waals surface area contributed by atoms with Crippen molar-refractivity contribution in [3.8, 4) is 0 Å². The van der Waals surface area contributed by atoms with Crippen molar-refractivity contribution in [2.75, 3.05) is 0 Å². The highest BCUT2D eigenvalue weighted by Crippen LogP contribution is 2.29. The monoisotopic (exact) mass is 364 g/mol. The van der Waals surface area contributed by atoms with Gasteiger partial charge in [0.05, 0.1) is 4.90 Å². The molecule has 1 saturated heterocycles. The highest BCUT2D eigenvalue weighted by Gasteiger charge is 2.43. The summed E-state index contributed by atoms with van der Waals surface area (Å²) in [6.07, 6.45) is 5.44. The fourth-order valence-electron chi connectivity index (χ4n) is 3.41. The second-order valence-electron chi connectivity index (χ2n) is 6.26. The van der Waals surface area contributed by atoms with E-state index in [4.69, 9.17) is 0 Å². The topological polar surface area (TPSA) is 104 Å². The van der Waals surface area contributed by atoms with E-state index >= 15 is 0 Å². The number of carboxylic acids is 1. The highest BCUT2D eigenvalue weighted by molar-refractivity contribution is 7.89. The molecule has 1 aromatic carbocycles. The molecule has 1 amide bonds. The van der Waals surface area contributed by atoms with E-state index in [1.54, 1.807) is 24.3 Å². The highest BCUT2D eigenvalue weighted by atomic mass is 32.2. The van der Waals surface area contributed by atoms with Crippen molar-refractivity contribution in [3.63, 3.8) is 0 Å². The van der Waals surface area contributed by atoms with E-state index in [1.807, 2.05) is 6.08 Å². The van der Waals surface area contributed by atoms with Crippen molar-refractivity contribution in [3.05, 3.63) is 42.5 Å². The van der Waals surface area contributed by atoms with Gasteiger partial charge in [-0.25, -0.2) is 13.2 Å². The fraction of sp³-hybridized carbons (Fsp3) is 0.412. The van der Waals surface area contributed by atoms with Crippen LogP contribution in [-0.4, -0.2) is 48.4 Å². The Balaban J connectivity index is 1.88. The Labute approximate surface area is 146 Å². The van der Waals surface area contributed by atoms with E-state index in [2.05, 4.69) is 4.72 Å². The van der Waals surface area contributed by atoms with Crippen LogP contribution < -0.4 is 4.72 Å². The molecule has 0 aliphatic carbocycles. The molecule has 2 heterocycles. The van der Waals surface area contributed by atoms with E-state index < -0.39 is 34.0 Å². The number of carbonyl (C=O) groups excluding carboxylic acids is 1. The maximum atomic E-state index is 12.9. The minimum Gasteiger partial charge on any atom is -0.480 e. The second kappa shape index (κ2) is 6.97. The van der Waals surface area contributed by atoms with Gasteiger partial charge >= 0.3 is 5.97 Å². The first-order chi connectivity index (χ1) is 11.9. The predicted molar refractivity (Wildman–Crippen MR) is 90.2 cm³/mol. The van der Waals surface area contributed by atoms with E-state index in [0.717, 1.165) is 0 Å². The van der Waals surface area contributed by atoms with Crippen molar-refractivity contribution in [2.45, 2.75) is 48.7 Å². The molecule has 0 aromatic heterocycles. The summed E-state index contributed by atoms with van der Waals surface area (Å²) in [5.41, 5.74) is 0. The molecule has 2 aliphatic heterocycles. The molecule has 1 aromatic rings. The maximum absolute atomic E-state index is 12.9. The fourth-order valence-corrected chi connectivity index (χ4v) is 4.63. The van der Waals surface area contributed by atoms with Gasteiger partial charge in [0, 0.05) is 6.04 Å². The van der Waals surface area contributed by atoms with Gasteiger partial charge in [-0.2, -0.15) is 4.72 Å². The molecule has 134 valence electrons. The number of benzene rings is 1. The molecule has 0 saturated carbocycles. The number of hydrogen-bond donors (Lipinski definition) is 2. The minimum atomic E-state index is -3.87. The molecule has 25 heavy (non-hydrogen) atoms. The van der Waals surface area contributed by atoms with Crippen LogP contribution in [-0.2, 0) is 19.6 Å². The molecule has 2 aliphatic rings. The Kier molecular flexibility index (Phi) is 4.91. The van der Waals surface area contributed by atoms with Crippen LogP contribution in [0.1, 0.15) is 25.7 Å². The number of rotatable bonds is 4. The molecule has 7 nitrogen and oxygen atoms in total. The Morgan fingerprint density at radius 3 is 2.48 bits per heavy atom. The first-order valence-corrected chi connectivity index (χ1v) is 9.66. The van der Waals surface area contributed by atoms with Gasteiger partial charge in [-0.15, -0.1) is 0 Å². The van der Waals surface area contributed by atoms with Crippen LogP contribution in [0.3, 0.4) is 0 Å². The molecule has 3 rings (SSSR count). The average molecular weight is 364 g/mol. The standard InChI is InChI=1S/C17H20N2O5S/c20-16-14(18-25(23,24)13-7-2-1-3-8-13)9-5-4-6-12-10-11-15(17(21)22)19(12)16/h1-5,7-8,12,14-15,18H,6,9-11H2,(H,21,22)/b5-4-/t12-,14+,15+/m1/s1. The van der Waals surface area contributed by atoms with Gasteiger partial charge < -0.3 is 10.0 Å². The van der Waals surface area contributed by atoms with Gasteiger partial charge in [0.25, 0.3) is 0 Å². The molecule has 0 bridgehead atoms. The summed E-state index contributed by atoms with van der Waals surface area (Å²) >= 11 is 0. The number of amides is 1. The molecule has 1 fully saturated rings. The second-order valence-corrected chi connectivity index (χ2v) is 7.97. The Morgan fingerprint density at radius 1 is 1.12 bits per heavy atom. The first kappa shape index (κ1) is 17.6. The van der Waals surface area contributed by atoms with Crippen LogP contribution in [0, 0.1) is 0 Å². The smallest absolute Gasteiger partial charge is 0.326 e. The van der Waals surface area contributed by atoms with Gasteiger partial charge in [-0.3, -0.25) is 4.79 Å². The van der Waals surface area contributed by atoms with Crippen molar-refractivity contribution in [1.82, 2.24) is 9.62 Å². The number of sulfonamides is 1. The lowest BCUT2D eigenvalue weighted by molar-refractivity contribution is -0.150. The number of carbonyl (C=O) groups is 2. The van der Waals surface area contributed by atoms with Crippen LogP contribution in [0.15, 0.2) is 47.4 Å². The van der Waals surface area contributed by atoms with Crippen LogP contribution in [0.4, 0.5) is 0 Å². The van der Waals surface area contributed by atoms with E-state index in [1.165, 1.54) is 17.0 Å². The van der Waals surface area contributed by atoms with Crippen molar-refractivity contribution < 1.29 is 23.1 Å². The van der Waals surface area contributed by atoms with E-state index in [0.29, 0.717) is 19.3 Å². The molecule has 0 spiro atoms. The average Bonchev–Trinajstić information content (AvgIpc) is 3.00. The van der Waals surface area contributed by atoms with E-state index in [-0.39, 0.29) is 17.4 Å². The number of aliphatic carboxylic acids is 1. The van der Waals surface area contributed by atoms with Gasteiger partial charge in [0.2, 0.25) is 15.9 Å². The summed E-state index contributed by atoms with van der Waals surface area (Å²) in [5.74, 6) is -1.52. The van der Waals surface area contributed by atoms with Crippen molar-refractivity contribution in [2.24, 2.45) is 0 Å². The lowest BCUT2D eigenvalue weighted by atomic mass is 10.1. The number of fused-ring (bicyclic) bond motifs is 1. The van der Waals surface area contributed by atoms with Crippen LogP contribution >= 0.6 is 0 Å². The summed E-state index contributed by atoms with van der Waals surface area (Å²) in [6.45, 7) is 0. The van der Waals surface area contributed by atoms with Gasteiger partial charge in [0.15, 0.2) is 0 Å². The first-order valence-electron chi connectivity index (χ1n) is 8.17. The van der Waals surface area contributed by atoms with Crippen molar-refractivity contribution in [1.29, 1.82) is 0 Å². The third-order valence-electron chi connectivity index (χ3n) is 4.64. The number of nitrogens with one attached hydrogen (secondary N) is 1. The normalized spacial score (nSPS) is 28.1. The number of nitrogens with zero attached hydrogens (tertiary/aromatic N) is 1. The van der Waals surface area contributed by atoms with Gasteiger partial charge in [-0.1, -0.05) is 30.4 Å². The summed E-state index contributed by atoms with van der Waals surface area (Å²) in [7, 11) is -3.87. The van der Waals surface area contributed by atoms with Crippen LogP contribution in [0.5, 0.6) is 0 Å². The molecular weight excluding hydrogens is 344 g/mol. The molecular formula is C17H20N2O5S. The van der Waals surface area contributed by atoms with Gasteiger partial charge in [0.1, 0.15) is 12.1 Å². The number of hydrogen-bond acceptors (Lipinski definition) is 4. The van der Waals surface area contributed by atoms with E-state index in [9.17, 15) is 23.1 Å². The summed E-state index contributed by atoms with van der Waals surface area (Å²) in [5, 5.41) is 9.38. The Hall–Kier alpha value is -2.19. The predicted octanol–water partition coefficient (Wildman–Crippen LogP) is 1.13. The minimum absolute atomic E-state index is 0.0709. The zero-order valence-electron chi connectivity index (χ0n) is 13.5. The Morgan fingerprint density at radius 2 is 1.80 bits per heavy atom. The quantitative estimate of drug-likeness (QED) is 0.780. The number of carboxylic acid groups (broad SMARTS) is 1. The van der Waals surface area contributed by atoms with Crippen LogP contribution in [0.25, 0.3) is 0 Å². The summed E-state index contributed by atoms with van der Waals surface area (Å²) in [6, 6.07) is 5.70. The third-order valence-corrected chi connectivity index (χ3v) is 6.13. The SMILES string of the molecule is O=C(O)[C@@H]1CC[C@H]2C/C=C\C[C@H](NS(=O)(=O)c3ccccc3)C(=O)N21. The lowest BCUT2D eigenvalue weighted by Gasteiger charge is -2.32. The van der Waals surface area contributed by atoms with Gasteiger partial charge in [-0.05, 0) is 37.8 Å². The molecule has 3 atom stereocenters.